The number of piperidine rings is 1. The second-order valence-electron chi connectivity index (χ2n) is 5.29. The Morgan fingerprint density at radius 3 is 2.86 bits per heavy atom. The lowest BCUT2D eigenvalue weighted by Crippen LogP contribution is -2.43. The van der Waals surface area contributed by atoms with Crippen LogP contribution in [0.5, 0.6) is 5.75 Å². The first-order valence-electron chi connectivity index (χ1n) is 7.25. The van der Waals surface area contributed by atoms with Crippen LogP contribution in [0.1, 0.15) is 29.6 Å². The summed E-state index contributed by atoms with van der Waals surface area (Å²) >= 11 is 0. The summed E-state index contributed by atoms with van der Waals surface area (Å²) in [4.78, 5) is 12.0. The largest absolute Gasteiger partial charge is 0.484 e. The van der Waals surface area contributed by atoms with Crippen molar-refractivity contribution in [1.29, 1.82) is 0 Å². The Kier molecular flexibility index (Phi) is 5.65. The standard InChI is InChI=1S/C15H19F3N2O2/c16-15(17,18)10-22-13-6-3-4-11(8-13)14(21)20-9-12-5-1-2-7-19-12/h3-4,6,8,12,19H,1-2,5,7,9-10H2,(H,20,21). The predicted octanol–water partition coefficient (Wildman–Crippen LogP) is 2.50. The van der Waals surface area contributed by atoms with Crippen LogP contribution in [0, 0.1) is 0 Å². The Hall–Kier alpha value is -1.76. The van der Waals surface area contributed by atoms with Crippen LogP contribution >= 0.6 is 0 Å². The minimum Gasteiger partial charge on any atom is -0.484 e. The molecule has 0 aromatic heterocycles. The van der Waals surface area contributed by atoms with E-state index in [1.165, 1.54) is 18.2 Å². The summed E-state index contributed by atoms with van der Waals surface area (Å²) in [5, 5.41) is 6.10. The van der Waals surface area contributed by atoms with Gasteiger partial charge in [-0.25, -0.2) is 0 Å². The van der Waals surface area contributed by atoms with Crippen molar-refractivity contribution in [3.63, 3.8) is 0 Å². The Morgan fingerprint density at radius 2 is 2.18 bits per heavy atom. The first-order chi connectivity index (χ1) is 10.4. The van der Waals surface area contributed by atoms with Gasteiger partial charge in [-0.15, -0.1) is 0 Å². The van der Waals surface area contributed by atoms with Crippen molar-refractivity contribution in [2.75, 3.05) is 19.7 Å². The predicted molar refractivity (Wildman–Crippen MR) is 76.0 cm³/mol. The molecule has 22 heavy (non-hydrogen) atoms. The zero-order valence-corrected chi connectivity index (χ0v) is 12.1. The maximum absolute atomic E-state index is 12.1. The number of carbonyl (C=O) groups excluding carboxylic acids is 1. The first-order valence-corrected chi connectivity index (χ1v) is 7.25. The fraction of sp³-hybridized carbons (Fsp3) is 0.533. The average molecular weight is 316 g/mol. The van der Waals surface area contributed by atoms with Crippen LogP contribution in [0.4, 0.5) is 13.2 Å². The number of nitrogens with one attached hydrogen (secondary N) is 2. The maximum atomic E-state index is 12.1. The SMILES string of the molecule is O=C(NCC1CCCCN1)c1cccc(OCC(F)(F)F)c1. The van der Waals surface area contributed by atoms with E-state index in [1.807, 2.05) is 0 Å². The van der Waals surface area contributed by atoms with Crippen LogP contribution in [0.25, 0.3) is 0 Å². The van der Waals surface area contributed by atoms with Crippen LogP contribution in [-0.4, -0.2) is 37.8 Å². The van der Waals surface area contributed by atoms with Gasteiger partial charge in [0, 0.05) is 18.2 Å². The number of benzene rings is 1. The normalized spacial score (nSPS) is 18.8. The lowest BCUT2D eigenvalue weighted by molar-refractivity contribution is -0.153. The van der Waals surface area contributed by atoms with E-state index >= 15 is 0 Å². The molecule has 1 aliphatic heterocycles. The molecule has 0 aliphatic carbocycles. The van der Waals surface area contributed by atoms with Crippen molar-refractivity contribution >= 4 is 5.91 Å². The second kappa shape index (κ2) is 7.49. The molecule has 1 unspecified atom stereocenters. The van der Waals surface area contributed by atoms with Crippen molar-refractivity contribution < 1.29 is 22.7 Å². The van der Waals surface area contributed by atoms with Gasteiger partial charge in [0.2, 0.25) is 0 Å². The number of rotatable bonds is 5. The summed E-state index contributed by atoms with van der Waals surface area (Å²) in [6.07, 6.45) is -1.11. The van der Waals surface area contributed by atoms with Crippen molar-refractivity contribution in [1.82, 2.24) is 10.6 Å². The van der Waals surface area contributed by atoms with Crippen LogP contribution in [0.2, 0.25) is 0 Å². The Morgan fingerprint density at radius 1 is 1.36 bits per heavy atom. The van der Waals surface area contributed by atoms with Gasteiger partial charge >= 0.3 is 6.18 Å². The fourth-order valence-electron chi connectivity index (χ4n) is 2.31. The van der Waals surface area contributed by atoms with Gasteiger partial charge in [0.25, 0.3) is 5.91 Å². The fourth-order valence-corrected chi connectivity index (χ4v) is 2.31. The van der Waals surface area contributed by atoms with Crippen molar-refractivity contribution in [3.8, 4) is 5.75 Å². The molecule has 1 saturated heterocycles. The number of hydrogen-bond donors (Lipinski definition) is 2. The monoisotopic (exact) mass is 316 g/mol. The zero-order chi connectivity index (χ0) is 16.0. The molecule has 1 aliphatic rings. The molecule has 7 heteroatoms. The van der Waals surface area contributed by atoms with Crippen LogP contribution in [0.3, 0.4) is 0 Å². The van der Waals surface area contributed by atoms with Crippen molar-refractivity contribution in [2.45, 2.75) is 31.5 Å². The van der Waals surface area contributed by atoms with E-state index in [1.54, 1.807) is 6.07 Å². The van der Waals surface area contributed by atoms with Crippen molar-refractivity contribution in [2.24, 2.45) is 0 Å². The number of halogens is 3. The molecule has 122 valence electrons. The van der Waals surface area contributed by atoms with Gasteiger partial charge in [0.1, 0.15) is 5.75 Å². The molecule has 0 saturated carbocycles. The molecule has 1 aromatic carbocycles. The van der Waals surface area contributed by atoms with E-state index in [0.29, 0.717) is 6.54 Å². The van der Waals surface area contributed by atoms with Gasteiger partial charge in [-0.05, 0) is 37.6 Å². The molecular formula is C15H19F3N2O2. The maximum Gasteiger partial charge on any atom is 0.422 e. The van der Waals surface area contributed by atoms with Gasteiger partial charge in [-0.3, -0.25) is 4.79 Å². The molecule has 1 aromatic rings. The van der Waals surface area contributed by atoms with E-state index in [0.717, 1.165) is 25.8 Å². The Bertz CT molecular complexity index is 500. The highest BCUT2D eigenvalue weighted by atomic mass is 19.4. The van der Waals surface area contributed by atoms with E-state index < -0.39 is 12.8 Å². The van der Waals surface area contributed by atoms with Crippen LogP contribution < -0.4 is 15.4 Å². The quantitative estimate of drug-likeness (QED) is 0.877. The lowest BCUT2D eigenvalue weighted by Gasteiger charge is -2.23. The number of ether oxygens (including phenoxy) is 1. The molecule has 1 heterocycles. The summed E-state index contributed by atoms with van der Waals surface area (Å²) in [5.74, 6) is -0.286. The molecule has 1 fully saturated rings. The smallest absolute Gasteiger partial charge is 0.422 e. The number of amides is 1. The molecule has 2 N–H and O–H groups in total. The molecule has 1 amide bonds. The first kappa shape index (κ1) is 16.6. The topological polar surface area (TPSA) is 50.4 Å². The van der Waals surface area contributed by atoms with Gasteiger partial charge in [0.05, 0.1) is 0 Å². The molecule has 1 atom stereocenters. The molecule has 2 rings (SSSR count). The van der Waals surface area contributed by atoms with Gasteiger partial charge in [-0.2, -0.15) is 13.2 Å². The highest BCUT2D eigenvalue weighted by Gasteiger charge is 2.28. The summed E-state index contributed by atoms with van der Waals surface area (Å²) in [5.41, 5.74) is 0.287. The average Bonchev–Trinajstić information content (AvgIpc) is 2.51. The van der Waals surface area contributed by atoms with Crippen molar-refractivity contribution in [3.05, 3.63) is 29.8 Å². The Labute approximate surface area is 127 Å². The van der Waals surface area contributed by atoms with Crippen LogP contribution in [-0.2, 0) is 0 Å². The van der Waals surface area contributed by atoms with E-state index in [2.05, 4.69) is 15.4 Å². The minimum atomic E-state index is -4.40. The molecular weight excluding hydrogens is 297 g/mol. The summed E-state index contributed by atoms with van der Waals surface area (Å²) in [6, 6.07) is 6.01. The molecule has 0 radical (unpaired) electrons. The zero-order valence-electron chi connectivity index (χ0n) is 12.1. The second-order valence-corrected chi connectivity index (χ2v) is 5.29. The minimum absolute atomic E-state index is 0.0285. The summed E-state index contributed by atoms with van der Waals surface area (Å²) in [7, 11) is 0. The number of hydrogen-bond acceptors (Lipinski definition) is 3. The number of alkyl halides is 3. The Balaban J connectivity index is 1.86. The van der Waals surface area contributed by atoms with Gasteiger partial charge in [0.15, 0.2) is 6.61 Å². The third-order valence-corrected chi connectivity index (χ3v) is 3.42. The van der Waals surface area contributed by atoms with E-state index in [-0.39, 0.29) is 23.3 Å². The van der Waals surface area contributed by atoms with Gasteiger partial charge in [-0.1, -0.05) is 12.5 Å². The highest BCUT2D eigenvalue weighted by molar-refractivity contribution is 5.94. The van der Waals surface area contributed by atoms with E-state index in [4.69, 9.17) is 0 Å². The summed E-state index contributed by atoms with van der Waals surface area (Å²) < 4.78 is 41.0. The van der Waals surface area contributed by atoms with E-state index in [9.17, 15) is 18.0 Å². The third kappa shape index (κ3) is 5.55. The number of carbonyl (C=O) groups is 1. The van der Waals surface area contributed by atoms with Gasteiger partial charge < -0.3 is 15.4 Å². The molecule has 4 nitrogen and oxygen atoms in total. The summed E-state index contributed by atoms with van der Waals surface area (Å²) in [6.45, 7) is 0.0812. The third-order valence-electron chi connectivity index (χ3n) is 3.42. The lowest BCUT2D eigenvalue weighted by atomic mass is 10.1. The molecule has 0 spiro atoms. The van der Waals surface area contributed by atoms with Crippen LogP contribution in [0.15, 0.2) is 24.3 Å². The molecule has 0 bridgehead atoms. The highest BCUT2D eigenvalue weighted by Crippen LogP contribution is 2.19.